The summed E-state index contributed by atoms with van der Waals surface area (Å²) in [7, 11) is 0. The Bertz CT molecular complexity index is 308. The molecule has 1 saturated heterocycles. The minimum Gasteiger partial charge on any atom is -0.384 e. The highest BCUT2D eigenvalue weighted by Crippen LogP contribution is 2.37. The maximum absolute atomic E-state index is 10.2. The highest BCUT2D eigenvalue weighted by atomic mass is 79.9. The van der Waals surface area contributed by atoms with Crippen molar-refractivity contribution in [2.45, 2.75) is 12.0 Å². The molecule has 1 aliphatic heterocycles. The lowest BCUT2D eigenvalue weighted by atomic mass is 9.94. The Kier molecular flexibility index (Phi) is 2.67. The second-order valence-corrected chi connectivity index (χ2v) is 5.37. The van der Waals surface area contributed by atoms with Gasteiger partial charge in [0.25, 0.3) is 0 Å². The molecule has 0 aromatic heterocycles. The number of halogens is 1. The van der Waals surface area contributed by atoms with Gasteiger partial charge in [-0.15, -0.1) is 0 Å². The average Bonchev–Trinajstić information content (AvgIpc) is 2.54. The van der Waals surface area contributed by atoms with Gasteiger partial charge in [-0.25, -0.2) is 0 Å². The number of thioether (sulfide) groups is 1. The lowest BCUT2D eigenvalue weighted by Crippen LogP contribution is -2.24. The molecule has 1 aromatic rings. The van der Waals surface area contributed by atoms with Crippen LogP contribution >= 0.6 is 27.7 Å². The lowest BCUT2D eigenvalue weighted by Gasteiger charge is -2.21. The van der Waals surface area contributed by atoms with E-state index >= 15 is 0 Å². The monoisotopic (exact) mass is 258 g/mol. The topological polar surface area (TPSA) is 20.2 Å². The molecule has 1 aromatic carbocycles. The Morgan fingerprint density at radius 3 is 2.92 bits per heavy atom. The van der Waals surface area contributed by atoms with Crippen LogP contribution in [0.1, 0.15) is 12.0 Å². The van der Waals surface area contributed by atoms with Crippen molar-refractivity contribution in [2.75, 3.05) is 11.5 Å². The van der Waals surface area contributed by atoms with Gasteiger partial charge in [0.1, 0.15) is 0 Å². The van der Waals surface area contributed by atoms with Gasteiger partial charge in [-0.3, -0.25) is 0 Å². The zero-order valence-corrected chi connectivity index (χ0v) is 9.57. The third-order valence-electron chi connectivity index (χ3n) is 2.36. The van der Waals surface area contributed by atoms with Crippen molar-refractivity contribution >= 4 is 27.7 Å². The number of benzene rings is 1. The predicted molar refractivity (Wildman–Crippen MR) is 60.0 cm³/mol. The molecular formula is C10H11BrOS. The van der Waals surface area contributed by atoms with E-state index in [0.717, 1.165) is 28.0 Å². The van der Waals surface area contributed by atoms with Crippen LogP contribution < -0.4 is 0 Å². The van der Waals surface area contributed by atoms with E-state index in [0.29, 0.717) is 0 Å². The van der Waals surface area contributed by atoms with Crippen LogP contribution in [0.3, 0.4) is 0 Å². The van der Waals surface area contributed by atoms with Crippen LogP contribution in [-0.2, 0) is 5.60 Å². The smallest absolute Gasteiger partial charge is 0.0994 e. The summed E-state index contributed by atoms with van der Waals surface area (Å²) >= 11 is 5.23. The van der Waals surface area contributed by atoms with E-state index in [-0.39, 0.29) is 0 Å². The lowest BCUT2D eigenvalue weighted by molar-refractivity contribution is 0.0657. The van der Waals surface area contributed by atoms with E-state index in [4.69, 9.17) is 0 Å². The molecule has 70 valence electrons. The summed E-state index contributed by atoms with van der Waals surface area (Å²) < 4.78 is 1.04. The third kappa shape index (κ3) is 1.92. The summed E-state index contributed by atoms with van der Waals surface area (Å²) in [4.78, 5) is 0. The summed E-state index contributed by atoms with van der Waals surface area (Å²) in [5.74, 6) is 1.88. The molecule has 2 rings (SSSR count). The Balaban J connectivity index is 2.33. The molecule has 0 amide bonds. The number of hydrogen-bond donors (Lipinski definition) is 1. The van der Waals surface area contributed by atoms with Gasteiger partial charge >= 0.3 is 0 Å². The summed E-state index contributed by atoms with van der Waals surface area (Å²) in [5.41, 5.74) is 0.445. The molecule has 1 N–H and O–H groups in total. The highest BCUT2D eigenvalue weighted by molar-refractivity contribution is 9.10. The minimum atomic E-state index is -0.589. The standard InChI is InChI=1S/C10H11BrOS/c11-9-3-1-2-8(6-9)10(12)4-5-13-7-10/h1-3,6,12H,4-5,7H2. The molecule has 0 bridgehead atoms. The Morgan fingerprint density at radius 1 is 1.46 bits per heavy atom. The van der Waals surface area contributed by atoms with Crippen molar-refractivity contribution in [3.8, 4) is 0 Å². The molecule has 1 atom stereocenters. The summed E-state index contributed by atoms with van der Waals surface area (Å²) in [6, 6.07) is 7.96. The van der Waals surface area contributed by atoms with Crippen LogP contribution in [0.25, 0.3) is 0 Å². The first-order valence-electron chi connectivity index (χ1n) is 4.27. The van der Waals surface area contributed by atoms with Gasteiger partial charge in [-0.1, -0.05) is 28.1 Å². The van der Waals surface area contributed by atoms with Crippen LogP contribution in [0.2, 0.25) is 0 Å². The van der Waals surface area contributed by atoms with Crippen molar-refractivity contribution in [3.63, 3.8) is 0 Å². The second-order valence-electron chi connectivity index (χ2n) is 3.34. The molecule has 13 heavy (non-hydrogen) atoms. The average molecular weight is 259 g/mol. The molecule has 1 nitrogen and oxygen atoms in total. The fraction of sp³-hybridized carbons (Fsp3) is 0.400. The van der Waals surface area contributed by atoms with E-state index < -0.39 is 5.60 Å². The van der Waals surface area contributed by atoms with Crippen molar-refractivity contribution in [1.29, 1.82) is 0 Å². The van der Waals surface area contributed by atoms with Crippen LogP contribution in [0.15, 0.2) is 28.7 Å². The fourth-order valence-electron chi connectivity index (χ4n) is 1.56. The molecule has 1 heterocycles. The van der Waals surface area contributed by atoms with E-state index in [9.17, 15) is 5.11 Å². The largest absolute Gasteiger partial charge is 0.384 e. The molecule has 0 spiro atoms. The Labute approximate surface area is 90.7 Å². The maximum atomic E-state index is 10.2. The zero-order chi connectivity index (χ0) is 9.31. The molecule has 0 aliphatic carbocycles. The van der Waals surface area contributed by atoms with Crippen molar-refractivity contribution in [3.05, 3.63) is 34.3 Å². The van der Waals surface area contributed by atoms with Crippen LogP contribution in [0.4, 0.5) is 0 Å². The summed E-state index contributed by atoms with van der Waals surface area (Å²) in [6.07, 6.45) is 0.869. The van der Waals surface area contributed by atoms with E-state index in [1.54, 1.807) is 0 Å². The Morgan fingerprint density at radius 2 is 2.31 bits per heavy atom. The second kappa shape index (κ2) is 3.64. The summed E-state index contributed by atoms with van der Waals surface area (Å²) in [5, 5.41) is 10.2. The molecule has 0 radical (unpaired) electrons. The van der Waals surface area contributed by atoms with Crippen molar-refractivity contribution in [1.82, 2.24) is 0 Å². The van der Waals surface area contributed by atoms with Gasteiger partial charge in [0, 0.05) is 10.2 Å². The van der Waals surface area contributed by atoms with Crippen LogP contribution in [-0.4, -0.2) is 16.6 Å². The predicted octanol–water partition coefficient (Wildman–Crippen LogP) is 2.77. The third-order valence-corrected chi connectivity index (χ3v) is 4.03. The first kappa shape index (κ1) is 9.56. The quantitative estimate of drug-likeness (QED) is 0.836. The highest BCUT2D eigenvalue weighted by Gasteiger charge is 2.33. The molecular weight excluding hydrogens is 248 g/mol. The van der Waals surface area contributed by atoms with Gasteiger partial charge < -0.3 is 5.11 Å². The molecule has 1 fully saturated rings. The first-order valence-corrected chi connectivity index (χ1v) is 6.22. The van der Waals surface area contributed by atoms with Gasteiger partial charge in [0.2, 0.25) is 0 Å². The van der Waals surface area contributed by atoms with Crippen molar-refractivity contribution < 1.29 is 5.11 Å². The first-order chi connectivity index (χ1) is 6.21. The van der Waals surface area contributed by atoms with Crippen LogP contribution in [0.5, 0.6) is 0 Å². The maximum Gasteiger partial charge on any atom is 0.0994 e. The van der Waals surface area contributed by atoms with Crippen molar-refractivity contribution in [2.24, 2.45) is 0 Å². The minimum absolute atomic E-state index is 0.589. The number of aliphatic hydroxyl groups is 1. The molecule has 3 heteroatoms. The molecule has 0 saturated carbocycles. The normalized spacial score (nSPS) is 27.8. The van der Waals surface area contributed by atoms with Gasteiger partial charge in [0.15, 0.2) is 0 Å². The summed E-state index contributed by atoms with van der Waals surface area (Å²) in [6.45, 7) is 0. The van der Waals surface area contributed by atoms with Crippen LogP contribution in [0, 0.1) is 0 Å². The van der Waals surface area contributed by atoms with E-state index in [1.807, 2.05) is 36.0 Å². The molecule has 1 aliphatic rings. The van der Waals surface area contributed by atoms with E-state index in [1.165, 1.54) is 0 Å². The van der Waals surface area contributed by atoms with Gasteiger partial charge in [0.05, 0.1) is 5.60 Å². The van der Waals surface area contributed by atoms with Gasteiger partial charge in [-0.2, -0.15) is 11.8 Å². The SMILES string of the molecule is OC1(c2cccc(Br)c2)CCSC1. The number of hydrogen-bond acceptors (Lipinski definition) is 2. The molecule has 1 unspecified atom stereocenters. The fourth-order valence-corrected chi connectivity index (χ4v) is 3.23. The Hall–Kier alpha value is 0.01000. The van der Waals surface area contributed by atoms with E-state index in [2.05, 4.69) is 15.9 Å². The zero-order valence-electron chi connectivity index (χ0n) is 7.16. The van der Waals surface area contributed by atoms with Gasteiger partial charge in [-0.05, 0) is 29.9 Å². The number of rotatable bonds is 1.